The molecule has 0 aliphatic carbocycles. The Morgan fingerprint density at radius 3 is 1.26 bits per heavy atom. The second kappa shape index (κ2) is 21.4. The van der Waals surface area contributed by atoms with Gasteiger partial charge in [0.2, 0.25) is 0 Å². The lowest BCUT2D eigenvalue weighted by atomic mass is 10.0. The third kappa shape index (κ3) is 12.8. The number of rotatable bonds is 22. The monoisotopic (exact) mass is 726 g/mol. The van der Waals surface area contributed by atoms with Gasteiger partial charge in [0.1, 0.15) is 17.2 Å². The molecular weight excluding hydrogens is 681 g/mol. The molecule has 5 aromatic rings. The van der Waals surface area contributed by atoms with Crippen LogP contribution in [-0.2, 0) is 4.74 Å². The minimum absolute atomic E-state index is 0.0614. The van der Waals surface area contributed by atoms with Crippen molar-refractivity contribution in [2.45, 2.75) is 57.8 Å². The Labute approximate surface area is 317 Å². The summed E-state index contributed by atoms with van der Waals surface area (Å²) in [6.45, 7) is 2.27. The number of benzene rings is 5. The zero-order valence-electron chi connectivity index (χ0n) is 30.5. The number of hydrogen-bond donors (Lipinski definition) is 0. The van der Waals surface area contributed by atoms with Crippen LogP contribution in [0.2, 0.25) is 0 Å². The molecule has 5 aromatic carbocycles. The van der Waals surface area contributed by atoms with Gasteiger partial charge in [-0.3, -0.25) is 10.1 Å². The van der Waals surface area contributed by atoms with E-state index in [4.69, 9.17) is 24.2 Å². The quantitative estimate of drug-likeness (QED) is 0.0299. The Morgan fingerprint density at radius 2 is 0.852 bits per heavy atom. The van der Waals surface area contributed by atoms with E-state index in [1.165, 1.54) is 12.1 Å². The largest absolute Gasteiger partial charge is 0.494 e. The first-order valence-corrected chi connectivity index (χ1v) is 18.6. The van der Waals surface area contributed by atoms with E-state index in [1.807, 2.05) is 84.9 Å². The molecule has 0 radical (unpaired) electrons. The van der Waals surface area contributed by atoms with Crippen LogP contribution in [0.25, 0.3) is 22.3 Å². The predicted molar refractivity (Wildman–Crippen MR) is 210 cm³/mol. The summed E-state index contributed by atoms with van der Waals surface area (Å²) in [6.07, 6.45) is 8.79. The highest BCUT2D eigenvalue weighted by molar-refractivity contribution is 5.90. The molecule has 0 heterocycles. The smallest absolute Gasteiger partial charge is 0.338 e. The van der Waals surface area contributed by atoms with Crippen molar-refractivity contribution in [2.24, 2.45) is 0 Å². The highest BCUT2D eigenvalue weighted by atomic mass is 16.6. The number of carbonyl (C=O) groups excluding carboxylic acids is 1. The van der Waals surface area contributed by atoms with Gasteiger partial charge in [0, 0.05) is 12.1 Å². The number of non-ortho nitro benzene ring substituents is 1. The van der Waals surface area contributed by atoms with E-state index in [9.17, 15) is 14.9 Å². The average Bonchev–Trinajstić information content (AvgIpc) is 3.22. The summed E-state index contributed by atoms with van der Waals surface area (Å²) in [5.41, 5.74) is 5.44. The van der Waals surface area contributed by atoms with Gasteiger partial charge in [-0.05, 0) is 121 Å². The standard InChI is InChI=1S/C45H46N2O7/c46-34-35-10-12-36(13-11-35)38-18-24-42(25-19-38)52-32-8-4-5-9-33-54-45(48)40-16-14-37(15-17-40)39-20-26-43(27-21-39)51-30-6-2-1-3-7-31-53-44-28-22-41(23-29-44)47(49)50/h10-29H,1-9,30-33H2. The van der Waals surface area contributed by atoms with Crippen LogP contribution in [0.3, 0.4) is 0 Å². The van der Waals surface area contributed by atoms with E-state index in [1.54, 1.807) is 24.3 Å². The molecule has 0 saturated heterocycles. The summed E-state index contributed by atoms with van der Waals surface area (Å²) in [5, 5.41) is 19.7. The van der Waals surface area contributed by atoms with Crippen LogP contribution in [0, 0.1) is 21.4 Å². The SMILES string of the molecule is N#Cc1ccc(-c2ccc(OCCCCCCOC(=O)c3ccc(-c4ccc(OCCCCCCCOc5ccc([N+](=O)[O-])cc5)cc4)cc3)cc2)cc1. The summed E-state index contributed by atoms with van der Waals surface area (Å²) in [6, 6.07) is 39.3. The fourth-order valence-electron chi connectivity index (χ4n) is 5.80. The maximum Gasteiger partial charge on any atom is 0.338 e. The molecule has 0 spiro atoms. The van der Waals surface area contributed by atoms with E-state index in [0.29, 0.717) is 43.3 Å². The molecule has 0 N–H and O–H groups in total. The number of nitro benzene ring substituents is 1. The molecule has 54 heavy (non-hydrogen) atoms. The van der Waals surface area contributed by atoms with Crippen LogP contribution >= 0.6 is 0 Å². The fourth-order valence-corrected chi connectivity index (χ4v) is 5.80. The van der Waals surface area contributed by atoms with Crippen LogP contribution < -0.4 is 14.2 Å². The number of hydrogen-bond acceptors (Lipinski definition) is 8. The lowest BCUT2D eigenvalue weighted by Gasteiger charge is -2.09. The second-order valence-electron chi connectivity index (χ2n) is 12.9. The van der Waals surface area contributed by atoms with Crippen molar-refractivity contribution < 1.29 is 28.7 Å². The van der Waals surface area contributed by atoms with E-state index in [2.05, 4.69) is 6.07 Å². The zero-order valence-corrected chi connectivity index (χ0v) is 30.5. The van der Waals surface area contributed by atoms with Gasteiger partial charge in [0.05, 0.1) is 48.5 Å². The average molecular weight is 727 g/mol. The summed E-state index contributed by atoms with van der Waals surface area (Å²) < 4.78 is 23.0. The molecule has 0 saturated carbocycles. The minimum atomic E-state index is -0.419. The fraction of sp³-hybridized carbons (Fsp3) is 0.289. The third-order valence-electron chi connectivity index (χ3n) is 8.92. The number of unbranched alkanes of at least 4 members (excludes halogenated alkanes) is 7. The first-order valence-electron chi connectivity index (χ1n) is 18.6. The zero-order chi connectivity index (χ0) is 37.8. The third-order valence-corrected chi connectivity index (χ3v) is 8.92. The Kier molecular flexibility index (Phi) is 15.5. The van der Waals surface area contributed by atoms with Gasteiger partial charge in [0.25, 0.3) is 5.69 Å². The molecule has 278 valence electrons. The van der Waals surface area contributed by atoms with Gasteiger partial charge in [-0.25, -0.2) is 4.79 Å². The number of nitriles is 1. The van der Waals surface area contributed by atoms with Crippen LogP contribution in [0.1, 0.15) is 73.7 Å². The number of esters is 1. The summed E-state index contributed by atoms with van der Waals surface area (Å²) in [5.74, 6) is 2.00. The summed E-state index contributed by atoms with van der Waals surface area (Å²) in [7, 11) is 0. The Bertz CT molecular complexity index is 1920. The topological polar surface area (TPSA) is 121 Å². The van der Waals surface area contributed by atoms with Gasteiger partial charge >= 0.3 is 5.97 Å². The van der Waals surface area contributed by atoms with E-state index < -0.39 is 4.92 Å². The van der Waals surface area contributed by atoms with Crippen LogP contribution in [0.15, 0.2) is 121 Å². The van der Waals surface area contributed by atoms with Gasteiger partial charge < -0.3 is 18.9 Å². The molecule has 0 unspecified atom stereocenters. The molecule has 9 nitrogen and oxygen atoms in total. The van der Waals surface area contributed by atoms with E-state index in [0.717, 1.165) is 91.5 Å². The van der Waals surface area contributed by atoms with Crippen LogP contribution in [-0.4, -0.2) is 37.3 Å². The van der Waals surface area contributed by atoms with Crippen molar-refractivity contribution in [3.05, 3.63) is 143 Å². The van der Waals surface area contributed by atoms with Crippen LogP contribution in [0.4, 0.5) is 5.69 Å². The lowest BCUT2D eigenvalue weighted by Crippen LogP contribution is -2.06. The van der Waals surface area contributed by atoms with Crippen molar-refractivity contribution in [3.63, 3.8) is 0 Å². The highest BCUT2D eigenvalue weighted by Crippen LogP contribution is 2.25. The van der Waals surface area contributed by atoms with Crippen molar-refractivity contribution in [2.75, 3.05) is 26.4 Å². The van der Waals surface area contributed by atoms with Crippen LogP contribution in [0.5, 0.6) is 17.2 Å². The molecule has 5 rings (SSSR count). The Balaban J connectivity index is 0.877. The number of nitrogens with zero attached hydrogens (tertiary/aromatic N) is 2. The maximum atomic E-state index is 12.6. The normalized spacial score (nSPS) is 10.6. The van der Waals surface area contributed by atoms with Gasteiger partial charge in [-0.15, -0.1) is 0 Å². The molecule has 0 fully saturated rings. The molecule has 0 aliphatic rings. The van der Waals surface area contributed by atoms with Crippen molar-refractivity contribution in [1.29, 1.82) is 5.26 Å². The minimum Gasteiger partial charge on any atom is -0.494 e. The molecular formula is C45H46N2O7. The highest BCUT2D eigenvalue weighted by Gasteiger charge is 2.09. The Hall–Kier alpha value is -6.14. The predicted octanol–water partition coefficient (Wildman–Crippen LogP) is 11.0. The van der Waals surface area contributed by atoms with E-state index >= 15 is 0 Å². The number of nitro groups is 1. The second-order valence-corrected chi connectivity index (χ2v) is 12.9. The molecule has 0 bridgehead atoms. The van der Waals surface area contributed by atoms with Crippen molar-refractivity contribution in [1.82, 2.24) is 0 Å². The molecule has 9 heteroatoms. The van der Waals surface area contributed by atoms with Gasteiger partial charge in [0.15, 0.2) is 0 Å². The first kappa shape index (κ1) is 39.1. The molecule has 0 aliphatic heterocycles. The molecule has 0 atom stereocenters. The molecule has 0 aromatic heterocycles. The van der Waals surface area contributed by atoms with E-state index in [-0.39, 0.29) is 11.7 Å². The van der Waals surface area contributed by atoms with Crippen molar-refractivity contribution in [3.8, 4) is 45.6 Å². The summed E-state index contributed by atoms with van der Waals surface area (Å²) >= 11 is 0. The van der Waals surface area contributed by atoms with Gasteiger partial charge in [-0.2, -0.15) is 5.26 Å². The number of carbonyl (C=O) groups is 1. The first-order chi connectivity index (χ1) is 26.5. The number of ether oxygens (including phenoxy) is 4. The van der Waals surface area contributed by atoms with Crippen molar-refractivity contribution >= 4 is 11.7 Å². The molecule has 0 amide bonds. The Morgan fingerprint density at radius 1 is 0.500 bits per heavy atom. The maximum absolute atomic E-state index is 12.6. The summed E-state index contributed by atoms with van der Waals surface area (Å²) in [4.78, 5) is 22.9. The van der Waals surface area contributed by atoms with Gasteiger partial charge in [-0.1, -0.05) is 67.8 Å². The lowest BCUT2D eigenvalue weighted by molar-refractivity contribution is -0.384.